The maximum atomic E-state index is 13.7. The number of nitrogens with zero attached hydrogens (tertiary/aromatic N) is 3. The number of aromatic amines is 1. The number of fused-ring (bicyclic) bond motifs is 1. The van der Waals surface area contributed by atoms with Crippen molar-refractivity contribution in [1.29, 1.82) is 0 Å². The summed E-state index contributed by atoms with van der Waals surface area (Å²) >= 11 is 0. The predicted molar refractivity (Wildman–Crippen MR) is 157 cm³/mol. The van der Waals surface area contributed by atoms with Crippen molar-refractivity contribution in [2.45, 2.75) is 32.4 Å². The number of carbonyl (C=O) groups excluding carboxylic acids is 2. The molecule has 0 radical (unpaired) electrons. The fourth-order valence-corrected chi connectivity index (χ4v) is 4.61. The SMILES string of the molecule is CN(C(=O)OC(C)(C)C)[C@@H](C(=O)Nc1ccc2c(-c3ccncc3)c(-c3ccc(F)cc3)[nH]c2n1)c1ccccc1. The Kier molecular flexibility index (Phi) is 7.52. The van der Waals surface area contributed by atoms with Crippen molar-refractivity contribution in [3.05, 3.63) is 103 Å². The van der Waals surface area contributed by atoms with Crippen molar-refractivity contribution in [3.8, 4) is 22.4 Å². The van der Waals surface area contributed by atoms with Crippen LogP contribution in [0.25, 0.3) is 33.4 Å². The summed E-state index contributed by atoms with van der Waals surface area (Å²) in [6.45, 7) is 5.31. The van der Waals surface area contributed by atoms with Crippen molar-refractivity contribution >= 4 is 28.9 Å². The predicted octanol–water partition coefficient (Wildman–Crippen LogP) is 6.98. The highest BCUT2D eigenvalue weighted by atomic mass is 19.1. The van der Waals surface area contributed by atoms with Crippen molar-refractivity contribution in [3.63, 3.8) is 0 Å². The van der Waals surface area contributed by atoms with Crippen LogP contribution in [0, 0.1) is 5.82 Å². The fraction of sp³-hybridized carbons (Fsp3) is 0.188. The Labute approximate surface area is 237 Å². The summed E-state index contributed by atoms with van der Waals surface area (Å²) in [7, 11) is 1.53. The number of halogens is 1. The lowest BCUT2D eigenvalue weighted by Crippen LogP contribution is -2.41. The molecule has 3 aromatic heterocycles. The Morgan fingerprint density at radius 2 is 1.61 bits per heavy atom. The van der Waals surface area contributed by atoms with Crippen LogP contribution in [0.3, 0.4) is 0 Å². The number of hydrogen-bond acceptors (Lipinski definition) is 5. The standard InChI is InChI=1S/C32H30FN5O3/c1-32(2,3)41-31(40)38(4)28(22-8-6-5-7-9-22)30(39)36-25-15-14-24-26(20-16-18-34-19-17-20)27(37-29(24)35-25)21-10-12-23(33)13-11-21/h5-19,28H,1-4H3,(H2,35,36,37,39)/t28-/m1/s1. The zero-order valence-corrected chi connectivity index (χ0v) is 23.2. The number of hydrogen-bond donors (Lipinski definition) is 2. The summed E-state index contributed by atoms with van der Waals surface area (Å²) in [4.78, 5) is 40.0. The molecule has 5 aromatic rings. The number of H-pyrrole nitrogens is 1. The average Bonchev–Trinajstić information content (AvgIpc) is 3.32. The number of benzene rings is 2. The van der Waals surface area contributed by atoms with Gasteiger partial charge >= 0.3 is 6.09 Å². The molecule has 0 unspecified atom stereocenters. The second kappa shape index (κ2) is 11.2. The van der Waals surface area contributed by atoms with Gasteiger partial charge < -0.3 is 15.0 Å². The topological polar surface area (TPSA) is 100 Å². The second-order valence-corrected chi connectivity index (χ2v) is 10.6. The molecule has 208 valence electrons. The lowest BCUT2D eigenvalue weighted by atomic mass is 10.00. The molecule has 5 rings (SSSR count). The molecule has 0 saturated heterocycles. The van der Waals surface area contributed by atoms with Gasteiger partial charge in [-0.15, -0.1) is 0 Å². The van der Waals surface area contributed by atoms with Gasteiger partial charge in [0.25, 0.3) is 5.91 Å². The van der Waals surface area contributed by atoms with E-state index in [1.54, 1.807) is 75.6 Å². The van der Waals surface area contributed by atoms with E-state index in [-0.39, 0.29) is 5.82 Å². The fourth-order valence-electron chi connectivity index (χ4n) is 4.61. The number of aromatic nitrogens is 3. The van der Waals surface area contributed by atoms with E-state index in [2.05, 4.69) is 15.3 Å². The Morgan fingerprint density at radius 3 is 2.27 bits per heavy atom. The van der Waals surface area contributed by atoms with E-state index in [1.165, 1.54) is 24.1 Å². The first-order valence-electron chi connectivity index (χ1n) is 13.1. The van der Waals surface area contributed by atoms with E-state index in [9.17, 15) is 14.0 Å². The van der Waals surface area contributed by atoms with Gasteiger partial charge in [0.15, 0.2) is 0 Å². The molecule has 2 N–H and O–H groups in total. The van der Waals surface area contributed by atoms with E-state index in [0.717, 1.165) is 27.8 Å². The third kappa shape index (κ3) is 6.09. The lowest BCUT2D eigenvalue weighted by Gasteiger charge is -2.30. The number of likely N-dealkylation sites (N-methyl/N-ethyl adjacent to an activating group) is 1. The van der Waals surface area contributed by atoms with Crippen molar-refractivity contribution < 1.29 is 18.7 Å². The molecule has 8 nitrogen and oxygen atoms in total. The normalized spacial score (nSPS) is 12.1. The monoisotopic (exact) mass is 551 g/mol. The molecule has 0 aliphatic carbocycles. The summed E-state index contributed by atoms with van der Waals surface area (Å²) in [6, 6.07) is 21.6. The highest BCUT2D eigenvalue weighted by Gasteiger charge is 2.32. The number of carbonyl (C=O) groups is 2. The number of ether oxygens (including phenoxy) is 1. The van der Waals surface area contributed by atoms with Gasteiger partial charge in [0, 0.05) is 30.4 Å². The van der Waals surface area contributed by atoms with Crippen molar-refractivity contribution in [2.24, 2.45) is 0 Å². The molecular weight excluding hydrogens is 521 g/mol. The molecule has 2 amide bonds. The Hall–Kier alpha value is -5.05. The Balaban J connectivity index is 1.52. The maximum absolute atomic E-state index is 13.7. The van der Waals surface area contributed by atoms with Crippen LogP contribution in [0.4, 0.5) is 15.0 Å². The number of rotatable bonds is 6. The highest BCUT2D eigenvalue weighted by molar-refractivity contribution is 6.04. The van der Waals surface area contributed by atoms with Crippen LogP contribution in [0.15, 0.2) is 91.3 Å². The van der Waals surface area contributed by atoms with Crippen LogP contribution in [0.5, 0.6) is 0 Å². The average molecular weight is 552 g/mol. The van der Waals surface area contributed by atoms with Crippen LogP contribution in [-0.2, 0) is 9.53 Å². The number of anilines is 1. The molecule has 3 heterocycles. The van der Waals surface area contributed by atoms with Gasteiger partial charge in [-0.2, -0.15) is 0 Å². The Morgan fingerprint density at radius 1 is 0.927 bits per heavy atom. The molecule has 0 fully saturated rings. The summed E-state index contributed by atoms with van der Waals surface area (Å²) in [5.74, 6) is -0.479. The third-order valence-corrected chi connectivity index (χ3v) is 6.44. The molecule has 0 aliphatic rings. The number of nitrogens with one attached hydrogen (secondary N) is 2. The number of amides is 2. The van der Waals surface area contributed by atoms with E-state index < -0.39 is 23.6 Å². The van der Waals surface area contributed by atoms with Crippen LogP contribution >= 0.6 is 0 Å². The molecule has 0 aliphatic heterocycles. The summed E-state index contributed by atoms with van der Waals surface area (Å²) in [5, 5.41) is 3.69. The zero-order valence-electron chi connectivity index (χ0n) is 23.2. The van der Waals surface area contributed by atoms with Gasteiger partial charge in [0.2, 0.25) is 0 Å². The van der Waals surface area contributed by atoms with Gasteiger partial charge in [0.05, 0.1) is 5.69 Å². The lowest BCUT2D eigenvalue weighted by molar-refractivity contribution is -0.121. The van der Waals surface area contributed by atoms with E-state index >= 15 is 0 Å². The van der Waals surface area contributed by atoms with Gasteiger partial charge in [-0.1, -0.05) is 30.3 Å². The largest absolute Gasteiger partial charge is 0.444 e. The third-order valence-electron chi connectivity index (χ3n) is 6.44. The van der Waals surface area contributed by atoms with Crippen LogP contribution in [0.1, 0.15) is 32.4 Å². The second-order valence-electron chi connectivity index (χ2n) is 10.6. The van der Waals surface area contributed by atoms with E-state index in [1.807, 2.05) is 24.3 Å². The molecular formula is C32H30FN5O3. The van der Waals surface area contributed by atoms with Crippen molar-refractivity contribution in [1.82, 2.24) is 19.9 Å². The van der Waals surface area contributed by atoms with Crippen molar-refractivity contribution in [2.75, 3.05) is 12.4 Å². The molecule has 2 aromatic carbocycles. The minimum Gasteiger partial charge on any atom is -0.444 e. The summed E-state index contributed by atoms with van der Waals surface area (Å²) in [6.07, 6.45) is 2.78. The molecule has 41 heavy (non-hydrogen) atoms. The van der Waals surface area contributed by atoms with Gasteiger partial charge in [0.1, 0.15) is 28.9 Å². The first kappa shape index (κ1) is 27.5. The first-order chi connectivity index (χ1) is 19.6. The van der Waals surface area contributed by atoms with Gasteiger partial charge in [-0.25, -0.2) is 14.2 Å². The zero-order chi connectivity index (χ0) is 29.1. The molecule has 9 heteroatoms. The summed E-state index contributed by atoms with van der Waals surface area (Å²) < 4.78 is 19.2. The molecule has 1 atom stereocenters. The molecule has 0 saturated carbocycles. The number of pyridine rings is 2. The first-order valence-corrected chi connectivity index (χ1v) is 13.1. The highest BCUT2D eigenvalue weighted by Crippen LogP contribution is 2.38. The van der Waals surface area contributed by atoms with E-state index in [4.69, 9.17) is 9.72 Å². The van der Waals surface area contributed by atoms with Gasteiger partial charge in [-0.05, 0) is 86.0 Å². The minimum absolute atomic E-state index is 0.300. The Bertz CT molecular complexity index is 1680. The minimum atomic E-state index is -0.964. The van der Waals surface area contributed by atoms with Gasteiger partial charge in [-0.3, -0.25) is 14.7 Å². The van der Waals surface area contributed by atoms with Crippen LogP contribution < -0.4 is 5.32 Å². The summed E-state index contributed by atoms with van der Waals surface area (Å²) in [5.41, 5.74) is 3.76. The molecule has 0 spiro atoms. The molecule has 0 bridgehead atoms. The maximum Gasteiger partial charge on any atom is 0.410 e. The van der Waals surface area contributed by atoms with E-state index in [0.29, 0.717) is 17.0 Å². The van der Waals surface area contributed by atoms with Crippen LogP contribution in [-0.4, -0.2) is 44.5 Å². The smallest absolute Gasteiger partial charge is 0.410 e. The van der Waals surface area contributed by atoms with Crippen LogP contribution in [0.2, 0.25) is 0 Å². The quantitative estimate of drug-likeness (QED) is 0.237.